The number of carbonyl (C=O) groups excluding carboxylic acids is 2. The van der Waals surface area contributed by atoms with Gasteiger partial charge in [-0.3, -0.25) is 9.59 Å². The number of imidazole rings is 1. The van der Waals surface area contributed by atoms with Crippen molar-refractivity contribution in [2.24, 2.45) is 0 Å². The summed E-state index contributed by atoms with van der Waals surface area (Å²) in [6, 6.07) is 19.6. The van der Waals surface area contributed by atoms with Gasteiger partial charge in [0, 0.05) is 17.3 Å². The minimum Gasteiger partial charge on any atom is -0.495 e. The van der Waals surface area contributed by atoms with Crippen LogP contribution < -0.4 is 20.1 Å². The van der Waals surface area contributed by atoms with Crippen molar-refractivity contribution in [3.63, 3.8) is 0 Å². The third kappa shape index (κ3) is 5.93. The average molecular weight is 491 g/mol. The summed E-state index contributed by atoms with van der Waals surface area (Å²) >= 11 is 1.33. The van der Waals surface area contributed by atoms with Gasteiger partial charge in [-0.1, -0.05) is 23.9 Å². The molecule has 0 bridgehead atoms. The van der Waals surface area contributed by atoms with E-state index in [0.29, 0.717) is 34.5 Å². The Labute approximate surface area is 207 Å². The third-order valence-electron chi connectivity index (χ3n) is 5.17. The normalized spacial score (nSPS) is 11.6. The maximum Gasteiger partial charge on any atom is 0.255 e. The number of thioether (sulfide) groups is 1. The second kappa shape index (κ2) is 11.0. The first-order valence-corrected chi connectivity index (χ1v) is 12.0. The molecular weight excluding hydrogens is 464 g/mol. The Bertz CT molecular complexity index is 1340. The highest BCUT2D eigenvalue weighted by atomic mass is 32.2. The fourth-order valence-corrected chi connectivity index (χ4v) is 4.21. The lowest BCUT2D eigenvalue weighted by Crippen LogP contribution is -2.22. The third-order valence-corrected chi connectivity index (χ3v) is 6.15. The summed E-state index contributed by atoms with van der Waals surface area (Å²) in [5.41, 5.74) is 3.31. The van der Waals surface area contributed by atoms with Crippen molar-refractivity contribution in [3.05, 3.63) is 72.3 Å². The predicted molar refractivity (Wildman–Crippen MR) is 139 cm³/mol. The number of nitrogens with one attached hydrogen (secondary N) is 3. The molecule has 3 N–H and O–H groups in total. The highest BCUT2D eigenvalue weighted by molar-refractivity contribution is 8.00. The van der Waals surface area contributed by atoms with E-state index in [1.54, 1.807) is 43.5 Å². The van der Waals surface area contributed by atoms with E-state index in [2.05, 4.69) is 20.6 Å². The van der Waals surface area contributed by atoms with Crippen LogP contribution in [0.3, 0.4) is 0 Å². The van der Waals surface area contributed by atoms with Gasteiger partial charge in [0.2, 0.25) is 5.91 Å². The van der Waals surface area contributed by atoms with E-state index in [1.165, 1.54) is 11.8 Å². The second-order valence-corrected chi connectivity index (χ2v) is 8.96. The summed E-state index contributed by atoms with van der Waals surface area (Å²) in [4.78, 5) is 33.1. The molecule has 1 atom stereocenters. The van der Waals surface area contributed by atoms with E-state index < -0.39 is 5.25 Å². The number of nitrogens with zero attached hydrogens (tertiary/aromatic N) is 1. The molecule has 8 nitrogen and oxygen atoms in total. The van der Waals surface area contributed by atoms with Crippen LogP contribution in [0.5, 0.6) is 11.5 Å². The van der Waals surface area contributed by atoms with E-state index in [9.17, 15) is 9.59 Å². The number of hydrogen-bond acceptors (Lipinski definition) is 6. The number of para-hydroxylation sites is 2. The van der Waals surface area contributed by atoms with Gasteiger partial charge in [0.05, 0.1) is 35.7 Å². The second-order valence-electron chi connectivity index (χ2n) is 7.64. The number of rotatable bonds is 9. The van der Waals surface area contributed by atoms with Gasteiger partial charge in [0.15, 0.2) is 5.16 Å². The van der Waals surface area contributed by atoms with E-state index in [0.717, 1.165) is 16.8 Å². The Hall–Kier alpha value is -3.98. The molecular formula is C26H26N4O4S. The Morgan fingerprint density at radius 3 is 2.57 bits per heavy atom. The molecule has 4 rings (SSSR count). The van der Waals surface area contributed by atoms with Gasteiger partial charge >= 0.3 is 0 Å². The molecule has 0 aliphatic heterocycles. The molecule has 1 aromatic heterocycles. The fourth-order valence-electron chi connectivity index (χ4n) is 3.39. The Kier molecular flexibility index (Phi) is 7.57. The predicted octanol–water partition coefficient (Wildman–Crippen LogP) is 5.34. The number of aromatic amines is 1. The topological polar surface area (TPSA) is 105 Å². The smallest absolute Gasteiger partial charge is 0.255 e. The monoisotopic (exact) mass is 490 g/mol. The molecule has 1 heterocycles. The fraction of sp³-hybridized carbons (Fsp3) is 0.192. The van der Waals surface area contributed by atoms with Crippen LogP contribution in [0.25, 0.3) is 11.0 Å². The van der Waals surface area contributed by atoms with Crippen LogP contribution in [0.1, 0.15) is 24.2 Å². The highest BCUT2D eigenvalue weighted by Gasteiger charge is 2.17. The molecule has 0 aliphatic carbocycles. The zero-order chi connectivity index (χ0) is 24.8. The van der Waals surface area contributed by atoms with Gasteiger partial charge in [-0.15, -0.1) is 0 Å². The quantitative estimate of drug-likeness (QED) is 0.274. The first kappa shape index (κ1) is 24.2. The number of amides is 2. The van der Waals surface area contributed by atoms with Gasteiger partial charge in [-0.05, 0) is 62.4 Å². The maximum absolute atomic E-state index is 12.7. The minimum absolute atomic E-state index is 0.170. The number of carbonyl (C=O) groups is 2. The lowest BCUT2D eigenvalue weighted by Gasteiger charge is -2.12. The van der Waals surface area contributed by atoms with Crippen molar-refractivity contribution in [2.45, 2.75) is 24.3 Å². The van der Waals surface area contributed by atoms with Crippen LogP contribution in [-0.4, -0.2) is 40.7 Å². The molecule has 0 saturated carbocycles. The Balaban J connectivity index is 1.35. The summed E-state index contributed by atoms with van der Waals surface area (Å²) in [5.74, 6) is 0.909. The van der Waals surface area contributed by atoms with Crippen molar-refractivity contribution in [1.29, 1.82) is 0 Å². The van der Waals surface area contributed by atoms with Gasteiger partial charge in [-0.25, -0.2) is 4.98 Å². The molecule has 4 aromatic rings. The number of hydrogen-bond donors (Lipinski definition) is 3. The molecule has 0 fully saturated rings. The van der Waals surface area contributed by atoms with Gasteiger partial charge in [-0.2, -0.15) is 0 Å². The molecule has 0 aliphatic rings. The van der Waals surface area contributed by atoms with Crippen molar-refractivity contribution >= 4 is 46.0 Å². The van der Waals surface area contributed by atoms with Crippen LogP contribution in [0.2, 0.25) is 0 Å². The molecule has 3 aromatic carbocycles. The maximum atomic E-state index is 12.7. The van der Waals surface area contributed by atoms with Crippen molar-refractivity contribution < 1.29 is 19.1 Å². The number of fused-ring (bicyclic) bond motifs is 1. The molecule has 0 spiro atoms. The average Bonchev–Trinajstić information content (AvgIpc) is 3.26. The molecule has 0 saturated heterocycles. The van der Waals surface area contributed by atoms with Gasteiger partial charge in [0.25, 0.3) is 5.91 Å². The van der Waals surface area contributed by atoms with Gasteiger partial charge in [0.1, 0.15) is 11.5 Å². The van der Waals surface area contributed by atoms with Crippen LogP contribution >= 0.6 is 11.8 Å². The Morgan fingerprint density at radius 1 is 1.06 bits per heavy atom. The first-order chi connectivity index (χ1) is 17.0. The van der Waals surface area contributed by atoms with E-state index in [-0.39, 0.29) is 11.8 Å². The minimum atomic E-state index is -0.393. The number of anilines is 2. The summed E-state index contributed by atoms with van der Waals surface area (Å²) < 4.78 is 10.8. The standard InChI is InChI=1S/C26H26N4O4S/c1-4-34-19-13-14-20-22(15-19)30-26(29-20)35-16(2)24(31)27-18-11-9-17(10-12-18)25(32)28-21-7-5-6-8-23(21)33-3/h5-16H,4H2,1-3H3,(H,27,31)(H,28,32)(H,29,30)/t16-/m0/s1. The summed E-state index contributed by atoms with van der Waals surface area (Å²) in [5, 5.41) is 5.97. The molecule has 9 heteroatoms. The molecule has 0 unspecified atom stereocenters. The number of ether oxygens (including phenoxy) is 2. The van der Waals surface area contributed by atoms with Crippen LogP contribution in [-0.2, 0) is 4.79 Å². The first-order valence-electron chi connectivity index (χ1n) is 11.1. The number of methoxy groups -OCH3 is 1. The van der Waals surface area contributed by atoms with Crippen molar-refractivity contribution in [1.82, 2.24) is 9.97 Å². The largest absolute Gasteiger partial charge is 0.495 e. The van der Waals surface area contributed by atoms with E-state index >= 15 is 0 Å². The van der Waals surface area contributed by atoms with Gasteiger partial charge < -0.3 is 25.1 Å². The zero-order valence-electron chi connectivity index (χ0n) is 19.6. The summed E-state index contributed by atoms with van der Waals surface area (Å²) in [7, 11) is 1.55. The van der Waals surface area contributed by atoms with Crippen LogP contribution in [0.4, 0.5) is 11.4 Å². The summed E-state index contributed by atoms with van der Waals surface area (Å²) in [6.45, 7) is 4.34. The number of H-pyrrole nitrogens is 1. The number of benzene rings is 3. The van der Waals surface area contributed by atoms with Crippen molar-refractivity contribution in [3.8, 4) is 11.5 Å². The molecule has 180 valence electrons. The highest BCUT2D eigenvalue weighted by Crippen LogP contribution is 2.27. The lowest BCUT2D eigenvalue weighted by molar-refractivity contribution is -0.115. The molecule has 35 heavy (non-hydrogen) atoms. The SMILES string of the molecule is CCOc1ccc2nc(S[C@@H](C)C(=O)Nc3ccc(C(=O)Nc4ccccc4OC)cc3)[nH]c2c1. The zero-order valence-corrected chi connectivity index (χ0v) is 20.4. The summed E-state index contributed by atoms with van der Waals surface area (Å²) in [6.07, 6.45) is 0. The van der Waals surface area contributed by atoms with Crippen LogP contribution in [0, 0.1) is 0 Å². The Morgan fingerprint density at radius 2 is 1.83 bits per heavy atom. The lowest BCUT2D eigenvalue weighted by atomic mass is 10.2. The van der Waals surface area contributed by atoms with E-state index in [4.69, 9.17) is 9.47 Å². The van der Waals surface area contributed by atoms with Crippen molar-refractivity contribution in [2.75, 3.05) is 24.4 Å². The molecule has 0 radical (unpaired) electrons. The van der Waals surface area contributed by atoms with E-state index in [1.807, 2.05) is 44.2 Å². The van der Waals surface area contributed by atoms with Crippen LogP contribution in [0.15, 0.2) is 71.9 Å². The molecule has 2 amide bonds. The number of aromatic nitrogens is 2.